The Balaban J connectivity index is 1.47. The smallest absolute Gasteiger partial charge is 0.241 e. The first-order chi connectivity index (χ1) is 11.4. The summed E-state index contributed by atoms with van der Waals surface area (Å²) >= 11 is 0. The van der Waals surface area contributed by atoms with Crippen molar-refractivity contribution < 1.29 is 14.3 Å². The Bertz CT molecular complexity index is 561. The van der Waals surface area contributed by atoms with Gasteiger partial charge >= 0.3 is 0 Å². The van der Waals surface area contributed by atoms with Crippen LogP contribution in [0.15, 0.2) is 24.3 Å². The van der Waals surface area contributed by atoms with E-state index in [9.17, 15) is 4.79 Å². The molecule has 1 N–H and O–H groups in total. The molecule has 2 fully saturated rings. The monoisotopic (exact) mass is 332 g/mol. The number of piperidine rings is 1. The van der Waals surface area contributed by atoms with Gasteiger partial charge in [-0.15, -0.1) is 0 Å². The van der Waals surface area contributed by atoms with Gasteiger partial charge in [0.25, 0.3) is 0 Å². The molecule has 2 saturated heterocycles. The van der Waals surface area contributed by atoms with Crippen LogP contribution in [0.4, 0.5) is 5.69 Å². The molecule has 2 heterocycles. The van der Waals surface area contributed by atoms with E-state index in [1.807, 2.05) is 17.0 Å². The number of hydrogen-bond acceptors (Lipinski definition) is 4. The molecule has 2 aliphatic rings. The van der Waals surface area contributed by atoms with Crippen molar-refractivity contribution in [2.45, 2.75) is 44.8 Å². The number of benzene rings is 1. The maximum atomic E-state index is 12.4. The molecule has 0 bridgehead atoms. The lowest BCUT2D eigenvalue weighted by atomic mass is 9.87. The lowest BCUT2D eigenvalue weighted by Gasteiger charge is -2.37. The van der Waals surface area contributed by atoms with Gasteiger partial charge in [-0.05, 0) is 23.1 Å². The van der Waals surface area contributed by atoms with Crippen molar-refractivity contribution in [3.05, 3.63) is 29.8 Å². The van der Waals surface area contributed by atoms with Crippen molar-refractivity contribution in [2.75, 3.05) is 38.2 Å². The Hall–Kier alpha value is -1.59. The second-order valence-electron chi connectivity index (χ2n) is 7.67. The second kappa shape index (κ2) is 6.73. The van der Waals surface area contributed by atoms with Crippen LogP contribution in [0.5, 0.6) is 0 Å². The van der Waals surface area contributed by atoms with Crippen LogP contribution in [0.1, 0.15) is 39.2 Å². The van der Waals surface area contributed by atoms with E-state index in [1.54, 1.807) is 0 Å². The van der Waals surface area contributed by atoms with Crippen LogP contribution >= 0.6 is 0 Å². The molecule has 1 spiro atoms. The number of carbonyl (C=O) groups excluding carboxylic acids is 1. The number of rotatable bonds is 3. The van der Waals surface area contributed by atoms with Gasteiger partial charge in [-0.25, -0.2) is 0 Å². The van der Waals surface area contributed by atoms with Crippen molar-refractivity contribution in [3.8, 4) is 0 Å². The largest absolute Gasteiger partial charge is 0.376 e. The summed E-state index contributed by atoms with van der Waals surface area (Å²) in [5.74, 6) is -0.296. The highest BCUT2D eigenvalue weighted by Crippen LogP contribution is 2.31. The molecule has 3 rings (SSSR count). The van der Waals surface area contributed by atoms with Gasteiger partial charge in [-0.1, -0.05) is 32.9 Å². The molecule has 1 amide bonds. The highest BCUT2D eigenvalue weighted by atomic mass is 16.7. The van der Waals surface area contributed by atoms with Crippen molar-refractivity contribution in [1.29, 1.82) is 0 Å². The Labute approximate surface area is 144 Å². The highest BCUT2D eigenvalue weighted by Gasteiger charge is 2.40. The maximum Gasteiger partial charge on any atom is 0.241 e. The first-order valence-corrected chi connectivity index (χ1v) is 8.78. The quantitative estimate of drug-likeness (QED) is 0.925. The normalized spacial score (nSPS) is 20.4. The molecule has 0 atom stereocenters. The fourth-order valence-electron chi connectivity index (χ4n) is 3.26. The predicted octanol–water partition coefficient (Wildman–Crippen LogP) is 2.76. The van der Waals surface area contributed by atoms with Crippen LogP contribution in [0, 0.1) is 0 Å². The Kier molecular flexibility index (Phi) is 4.83. The standard InChI is InChI=1S/C19H28N2O3/c1-18(2,3)15-4-6-16(7-5-15)20-14-17(22)21-10-8-19(9-11-21)23-12-13-24-19/h4-7,20H,8-14H2,1-3H3. The van der Waals surface area contributed by atoms with E-state index in [0.29, 0.717) is 32.8 Å². The molecule has 0 unspecified atom stereocenters. The van der Waals surface area contributed by atoms with E-state index >= 15 is 0 Å². The first-order valence-electron chi connectivity index (χ1n) is 8.78. The third-order valence-corrected chi connectivity index (χ3v) is 4.89. The zero-order valence-electron chi connectivity index (χ0n) is 14.9. The summed E-state index contributed by atoms with van der Waals surface area (Å²) < 4.78 is 11.4. The van der Waals surface area contributed by atoms with Crippen LogP contribution in [-0.2, 0) is 19.7 Å². The average Bonchev–Trinajstić information content (AvgIpc) is 3.01. The average molecular weight is 332 g/mol. The van der Waals surface area contributed by atoms with Gasteiger partial charge in [0.2, 0.25) is 5.91 Å². The Morgan fingerprint density at radius 2 is 1.71 bits per heavy atom. The summed E-state index contributed by atoms with van der Waals surface area (Å²) in [4.78, 5) is 14.3. The highest BCUT2D eigenvalue weighted by molar-refractivity contribution is 5.81. The first kappa shape index (κ1) is 17.2. The fraction of sp³-hybridized carbons (Fsp3) is 0.632. The van der Waals surface area contributed by atoms with Gasteiger partial charge in [0, 0.05) is 31.6 Å². The molecule has 0 aliphatic carbocycles. The molecule has 0 aromatic heterocycles. The molecule has 5 nitrogen and oxygen atoms in total. The van der Waals surface area contributed by atoms with E-state index in [0.717, 1.165) is 18.5 Å². The number of hydrogen-bond donors (Lipinski definition) is 1. The number of nitrogens with one attached hydrogen (secondary N) is 1. The number of carbonyl (C=O) groups is 1. The van der Waals surface area contributed by atoms with Crippen LogP contribution in [0.25, 0.3) is 0 Å². The lowest BCUT2D eigenvalue weighted by molar-refractivity contribution is -0.187. The minimum Gasteiger partial charge on any atom is -0.376 e. The van der Waals surface area contributed by atoms with Gasteiger partial charge in [0.1, 0.15) is 0 Å². The number of likely N-dealkylation sites (tertiary alicyclic amines) is 1. The molecular weight excluding hydrogens is 304 g/mol. The summed E-state index contributed by atoms with van der Waals surface area (Å²) in [5, 5.41) is 3.23. The van der Waals surface area contributed by atoms with Crippen molar-refractivity contribution in [1.82, 2.24) is 4.90 Å². The van der Waals surface area contributed by atoms with Crippen molar-refractivity contribution >= 4 is 11.6 Å². The summed E-state index contributed by atoms with van der Waals surface area (Å²) in [6, 6.07) is 8.32. The summed E-state index contributed by atoms with van der Waals surface area (Å²) in [6.07, 6.45) is 1.53. The number of amides is 1. The van der Waals surface area contributed by atoms with Gasteiger partial charge in [0.15, 0.2) is 5.79 Å². The summed E-state index contributed by atoms with van der Waals surface area (Å²) in [7, 11) is 0. The fourth-order valence-corrected chi connectivity index (χ4v) is 3.26. The minimum atomic E-state index is -0.424. The summed E-state index contributed by atoms with van der Waals surface area (Å²) in [5.41, 5.74) is 2.41. The van der Waals surface area contributed by atoms with Gasteiger partial charge in [0.05, 0.1) is 19.8 Å². The number of nitrogens with zero attached hydrogens (tertiary/aromatic N) is 1. The molecule has 0 radical (unpaired) electrons. The third-order valence-electron chi connectivity index (χ3n) is 4.89. The SMILES string of the molecule is CC(C)(C)c1ccc(NCC(=O)N2CCC3(CC2)OCCO3)cc1. The Morgan fingerprint density at radius 1 is 1.12 bits per heavy atom. The predicted molar refractivity (Wildman–Crippen MR) is 94.1 cm³/mol. The summed E-state index contributed by atoms with van der Waals surface area (Å²) in [6.45, 7) is 9.64. The molecule has 5 heteroatoms. The van der Waals surface area contributed by atoms with Gasteiger partial charge < -0.3 is 19.7 Å². The van der Waals surface area contributed by atoms with Crippen LogP contribution in [0.3, 0.4) is 0 Å². The molecule has 1 aromatic carbocycles. The van der Waals surface area contributed by atoms with E-state index in [-0.39, 0.29) is 11.3 Å². The van der Waals surface area contributed by atoms with Gasteiger partial charge in [-0.2, -0.15) is 0 Å². The zero-order valence-corrected chi connectivity index (χ0v) is 14.9. The maximum absolute atomic E-state index is 12.4. The van der Waals surface area contributed by atoms with Crippen molar-refractivity contribution in [3.63, 3.8) is 0 Å². The van der Waals surface area contributed by atoms with Gasteiger partial charge in [-0.3, -0.25) is 4.79 Å². The molecule has 132 valence electrons. The van der Waals surface area contributed by atoms with Crippen LogP contribution < -0.4 is 5.32 Å². The van der Waals surface area contributed by atoms with E-state index < -0.39 is 5.79 Å². The van der Waals surface area contributed by atoms with E-state index in [4.69, 9.17) is 9.47 Å². The lowest BCUT2D eigenvalue weighted by Crippen LogP contribution is -2.48. The Morgan fingerprint density at radius 3 is 2.25 bits per heavy atom. The molecule has 2 aliphatic heterocycles. The van der Waals surface area contributed by atoms with E-state index in [1.165, 1.54) is 5.56 Å². The zero-order chi connectivity index (χ0) is 17.2. The number of anilines is 1. The number of ether oxygens (including phenoxy) is 2. The molecule has 1 aromatic rings. The minimum absolute atomic E-state index is 0.128. The van der Waals surface area contributed by atoms with Crippen LogP contribution in [0.2, 0.25) is 0 Å². The molecule has 0 saturated carbocycles. The van der Waals surface area contributed by atoms with Crippen molar-refractivity contribution in [2.24, 2.45) is 0 Å². The third kappa shape index (κ3) is 3.90. The molecular formula is C19H28N2O3. The second-order valence-corrected chi connectivity index (χ2v) is 7.67. The van der Waals surface area contributed by atoms with E-state index in [2.05, 4.69) is 38.2 Å². The topological polar surface area (TPSA) is 50.8 Å². The van der Waals surface area contributed by atoms with Crippen LogP contribution in [-0.4, -0.2) is 49.4 Å². The molecule has 24 heavy (non-hydrogen) atoms.